The second kappa shape index (κ2) is 5.35. The summed E-state index contributed by atoms with van der Waals surface area (Å²) in [5.74, 6) is 0.603. The van der Waals surface area contributed by atoms with Crippen LogP contribution in [-0.4, -0.2) is 13.2 Å². The molecule has 1 atom stereocenters. The van der Waals surface area contributed by atoms with Gasteiger partial charge >= 0.3 is 0 Å². The van der Waals surface area contributed by atoms with Crippen LogP contribution in [0.4, 0.5) is 0 Å². The van der Waals surface area contributed by atoms with Crippen molar-refractivity contribution in [3.05, 3.63) is 23.3 Å². The Bertz CT molecular complexity index is 238. The van der Waals surface area contributed by atoms with Gasteiger partial charge in [0.2, 0.25) is 0 Å². The van der Waals surface area contributed by atoms with Crippen molar-refractivity contribution >= 4 is 0 Å². The molecule has 1 rings (SSSR count). The van der Waals surface area contributed by atoms with Crippen LogP contribution in [0.5, 0.6) is 0 Å². The van der Waals surface area contributed by atoms with Gasteiger partial charge in [0.15, 0.2) is 0 Å². The van der Waals surface area contributed by atoms with Gasteiger partial charge in [-0.05, 0) is 38.7 Å². The fourth-order valence-electron chi connectivity index (χ4n) is 2.13. The maximum Gasteiger partial charge on any atom is 0.0685 e. The Balaban J connectivity index is 2.65. The predicted octanol–water partition coefficient (Wildman–Crippen LogP) is 3.72. The summed E-state index contributed by atoms with van der Waals surface area (Å²) < 4.78 is 5.51. The number of ether oxygens (including phenoxy) is 1. The lowest BCUT2D eigenvalue weighted by atomic mass is 9.92. The van der Waals surface area contributed by atoms with E-state index in [2.05, 4.69) is 27.4 Å². The zero-order chi connectivity index (χ0) is 10.6. The van der Waals surface area contributed by atoms with Crippen molar-refractivity contribution < 1.29 is 4.74 Å². The molecule has 0 saturated carbocycles. The zero-order valence-corrected chi connectivity index (χ0v) is 9.73. The van der Waals surface area contributed by atoms with Crippen molar-refractivity contribution in [3.63, 3.8) is 0 Å². The lowest BCUT2D eigenvalue weighted by Crippen LogP contribution is -2.08. The van der Waals surface area contributed by atoms with Crippen LogP contribution in [0.2, 0.25) is 0 Å². The first kappa shape index (κ1) is 11.5. The van der Waals surface area contributed by atoms with E-state index in [1.54, 1.807) is 0 Å². The van der Waals surface area contributed by atoms with E-state index in [0.29, 0.717) is 5.92 Å². The highest BCUT2D eigenvalue weighted by Gasteiger charge is 2.24. The molecule has 0 aromatic heterocycles. The average Bonchev–Trinajstić information content (AvgIpc) is 2.56. The van der Waals surface area contributed by atoms with Gasteiger partial charge in [0.1, 0.15) is 0 Å². The number of hydrogen-bond donors (Lipinski definition) is 0. The molecule has 0 heterocycles. The Morgan fingerprint density at radius 2 is 2.21 bits per heavy atom. The van der Waals surface area contributed by atoms with E-state index in [-0.39, 0.29) is 0 Å². The average molecular weight is 194 g/mol. The van der Waals surface area contributed by atoms with E-state index < -0.39 is 0 Å². The number of allylic oxidation sites excluding steroid dienone is 2. The third-order valence-electron chi connectivity index (χ3n) is 3.19. The van der Waals surface area contributed by atoms with Gasteiger partial charge in [-0.1, -0.05) is 24.6 Å². The molecule has 1 aliphatic rings. The summed E-state index contributed by atoms with van der Waals surface area (Å²) in [5.41, 5.74) is 4.40. The van der Waals surface area contributed by atoms with Crippen LogP contribution in [0.1, 0.15) is 40.0 Å². The molecule has 0 fully saturated rings. The highest BCUT2D eigenvalue weighted by molar-refractivity contribution is 5.29. The van der Waals surface area contributed by atoms with Gasteiger partial charge in [-0.25, -0.2) is 0 Å². The van der Waals surface area contributed by atoms with Gasteiger partial charge in [-0.3, -0.25) is 0 Å². The maximum atomic E-state index is 5.51. The molecular weight excluding hydrogens is 172 g/mol. The molecule has 14 heavy (non-hydrogen) atoms. The summed E-state index contributed by atoms with van der Waals surface area (Å²) in [4.78, 5) is 0. The molecule has 0 spiro atoms. The Labute approximate surface area is 87.8 Å². The van der Waals surface area contributed by atoms with E-state index in [9.17, 15) is 0 Å². The molecule has 1 aliphatic carbocycles. The van der Waals surface area contributed by atoms with Gasteiger partial charge in [0.05, 0.1) is 6.61 Å². The first-order valence-corrected chi connectivity index (χ1v) is 5.64. The van der Waals surface area contributed by atoms with Crippen molar-refractivity contribution in [1.82, 2.24) is 0 Å². The Morgan fingerprint density at radius 3 is 2.79 bits per heavy atom. The smallest absolute Gasteiger partial charge is 0.0685 e. The summed E-state index contributed by atoms with van der Waals surface area (Å²) >= 11 is 0. The first-order valence-electron chi connectivity index (χ1n) is 5.64. The zero-order valence-electron chi connectivity index (χ0n) is 9.73. The fourth-order valence-corrected chi connectivity index (χ4v) is 2.13. The second-order valence-electron chi connectivity index (χ2n) is 4.05. The fraction of sp³-hybridized carbons (Fsp3) is 0.692. The number of rotatable bonds is 5. The molecule has 0 aromatic carbocycles. The summed E-state index contributed by atoms with van der Waals surface area (Å²) in [6, 6.07) is 0. The highest BCUT2D eigenvalue weighted by atomic mass is 16.5. The van der Waals surface area contributed by atoms with Crippen LogP contribution in [0, 0.1) is 5.92 Å². The molecule has 0 amide bonds. The maximum absolute atomic E-state index is 5.51. The molecular formula is C13H22O. The monoisotopic (exact) mass is 194 g/mol. The minimum absolute atomic E-state index is 0.603. The molecule has 80 valence electrons. The number of hydrogen-bond acceptors (Lipinski definition) is 1. The predicted molar refractivity (Wildman–Crippen MR) is 61.3 cm³/mol. The molecule has 0 bridgehead atoms. The van der Waals surface area contributed by atoms with E-state index in [4.69, 9.17) is 4.74 Å². The summed E-state index contributed by atoms with van der Waals surface area (Å²) in [6.45, 7) is 12.2. The van der Waals surface area contributed by atoms with Crippen LogP contribution in [0.3, 0.4) is 0 Å². The molecule has 0 radical (unpaired) electrons. The van der Waals surface area contributed by atoms with Gasteiger partial charge in [0.25, 0.3) is 0 Å². The highest BCUT2D eigenvalue weighted by Crippen LogP contribution is 2.37. The van der Waals surface area contributed by atoms with Gasteiger partial charge in [-0.2, -0.15) is 0 Å². The molecule has 0 aliphatic heterocycles. The van der Waals surface area contributed by atoms with Crippen molar-refractivity contribution in [3.8, 4) is 0 Å². The topological polar surface area (TPSA) is 9.23 Å². The quantitative estimate of drug-likeness (QED) is 0.606. The Kier molecular flexibility index (Phi) is 4.40. The van der Waals surface area contributed by atoms with Crippen LogP contribution < -0.4 is 0 Å². The van der Waals surface area contributed by atoms with Crippen molar-refractivity contribution in [2.75, 3.05) is 13.2 Å². The third kappa shape index (κ3) is 2.48. The van der Waals surface area contributed by atoms with Crippen molar-refractivity contribution in [2.45, 2.75) is 40.0 Å². The van der Waals surface area contributed by atoms with Gasteiger partial charge in [-0.15, -0.1) is 0 Å². The molecule has 1 heteroatoms. The Hall–Kier alpha value is -0.560. The standard InChI is InChI=1S/C13H22O/c1-5-10(3)12-8-7-11(4)13(12)9-14-6-2/h12H,3,5-9H2,1-2,4H3. The van der Waals surface area contributed by atoms with Crippen molar-refractivity contribution in [1.29, 1.82) is 0 Å². The minimum Gasteiger partial charge on any atom is -0.377 e. The van der Waals surface area contributed by atoms with Crippen LogP contribution >= 0.6 is 0 Å². The van der Waals surface area contributed by atoms with Crippen LogP contribution in [0.15, 0.2) is 23.3 Å². The summed E-state index contributed by atoms with van der Waals surface area (Å²) in [5, 5.41) is 0. The summed E-state index contributed by atoms with van der Waals surface area (Å²) in [7, 11) is 0. The summed E-state index contributed by atoms with van der Waals surface area (Å²) in [6.07, 6.45) is 3.57. The lowest BCUT2D eigenvalue weighted by Gasteiger charge is -2.17. The van der Waals surface area contributed by atoms with E-state index in [1.165, 1.54) is 29.6 Å². The van der Waals surface area contributed by atoms with Crippen LogP contribution in [-0.2, 0) is 4.74 Å². The molecule has 1 unspecified atom stereocenters. The van der Waals surface area contributed by atoms with Crippen LogP contribution in [0.25, 0.3) is 0 Å². The van der Waals surface area contributed by atoms with Gasteiger partial charge in [0, 0.05) is 12.5 Å². The largest absolute Gasteiger partial charge is 0.377 e. The lowest BCUT2D eigenvalue weighted by molar-refractivity contribution is 0.165. The minimum atomic E-state index is 0.603. The first-order chi connectivity index (χ1) is 6.70. The van der Waals surface area contributed by atoms with Crippen molar-refractivity contribution in [2.24, 2.45) is 5.92 Å². The van der Waals surface area contributed by atoms with E-state index >= 15 is 0 Å². The van der Waals surface area contributed by atoms with Gasteiger partial charge < -0.3 is 4.74 Å². The van der Waals surface area contributed by atoms with E-state index in [0.717, 1.165) is 19.6 Å². The third-order valence-corrected chi connectivity index (χ3v) is 3.19. The molecule has 0 aromatic rings. The molecule has 0 N–H and O–H groups in total. The normalized spacial score (nSPS) is 21.8. The molecule has 1 nitrogen and oxygen atoms in total. The SMILES string of the molecule is C=C(CC)C1CCC(C)=C1COCC. The Morgan fingerprint density at radius 1 is 1.50 bits per heavy atom. The molecule has 0 saturated heterocycles. The van der Waals surface area contributed by atoms with E-state index in [1.807, 2.05) is 0 Å². The second-order valence-corrected chi connectivity index (χ2v) is 4.05.